The lowest BCUT2D eigenvalue weighted by Crippen LogP contribution is -2.30. The molecule has 1 saturated carbocycles. The van der Waals surface area contributed by atoms with Crippen molar-refractivity contribution < 1.29 is 8.42 Å². The summed E-state index contributed by atoms with van der Waals surface area (Å²) in [5.74, 6) is 1.04. The Bertz CT molecular complexity index is 501. The Morgan fingerprint density at radius 3 is 2.78 bits per heavy atom. The highest BCUT2D eigenvalue weighted by atomic mass is 35.5. The van der Waals surface area contributed by atoms with Gasteiger partial charge in [0.1, 0.15) is 10.0 Å². The van der Waals surface area contributed by atoms with E-state index in [9.17, 15) is 8.42 Å². The second kappa shape index (κ2) is 5.55. The molecule has 0 saturated heterocycles. The van der Waals surface area contributed by atoms with Crippen LogP contribution < -0.4 is 4.72 Å². The number of rotatable bonds is 4. The monoisotopic (exact) mass is 288 g/mol. The van der Waals surface area contributed by atoms with Crippen LogP contribution in [0.5, 0.6) is 0 Å². The van der Waals surface area contributed by atoms with Gasteiger partial charge in [0.15, 0.2) is 0 Å². The molecule has 0 bridgehead atoms. The van der Waals surface area contributed by atoms with Crippen LogP contribution >= 0.6 is 11.6 Å². The summed E-state index contributed by atoms with van der Waals surface area (Å²) in [6.07, 6.45) is 4.76. The van der Waals surface area contributed by atoms with Gasteiger partial charge in [0.2, 0.25) is 10.0 Å². The Kier molecular flexibility index (Phi) is 4.25. The minimum Gasteiger partial charge on any atom is -0.243 e. The largest absolute Gasteiger partial charge is 0.243 e. The smallest absolute Gasteiger partial charge is 0.242 e. The number of sulfonamides is 1. The van der Waals surface area contributed by atoms with E-state index >= 15 is 0 Å². The van der Waals surface area contributed by atoms with Crippen LogP contribution in [0.15, 0.2) is 23.2 Å². The average Bonchev–Trinajstić information content (AvgIpc) is 2.73. The Labute approximate surface area is 113 Å². The highest BCUT2D eigenvalue weighted by molar-refractivity contribution is 7.89. The number of halogens is 1. The molecular formula is C12H17ClN2O2S. The second-order valence-corrected chi connectivity index (χ2v) is 6.99. The number of aromatic nitrogens is 1. The van der Waals surface area contributed by atoms with Crippen molar-refractivity contribution >= 4 is 21.6 Å². The van der Waals surface area contributed by atoms with Crippen molar-refractivity contribution in [3.63, 3.8) is 0 Å². The van der Waals surface area contributed by atoms with Gasteiger partial charge in [-0.1, -0.05) is 31.4 Å². The summed E-state index contributed by atoms with van der Waals surface area (Å²) in [7, 11) is -3.46. The Hall–Kier alpha value is -0.650. The lowest BCUT2D eigenvalue weighted by molar-refractivity contribution is 0.414. The first-order valence-corrected chi connectivity index (χ1v) is 7.96. The van der Waals surface area contributed by atoms with Gasteiger partial charge in [-0.2, -0.15) is 0 Å². The normalized spacial score (nSPS) is 24.3. The summed E-state index contributed by atoms with van der Waals surface area (Å²) in [5, 5.41) is 0.290. The summed E-state index contributed by atoms with van der Waals surface area (Å²) in [6, 6.07) is 2.95. The fourth-order valence-electron chi connectivity index (χ4n) is 2.35. The maximum atomic E-state index is 12.0. The number of nitrogens with zero attached hydrogens (tertiary/aromatic N) is 1. The van der Waals surface area contributed by atoms with E-state index < -0.39 is 10.0 Å². The van der Waals surface area contributed by atoms with Crippen LogP contribution in [0.4, 0.5) is 0 Å². The number of hydrogen-bond acceptors (Lipinski definition) is 3. The molecule has 0 amide bonds. The molecule has 1 aromatic heterocycles. The lowest BCUT2D eigenvalue weighted by atomic mass is 9.99. The number of nitrogens with one attached hydrogen (secondary N) is 1. The SMILES string of the molecule is CC1CCCC1CNS(=O)(=O)c1ccc(Cl)nc1. The van der Waals surface area contributed by atoms with E-state index in [2.05, 4.69) is 16.6 Å². The standard InChI is InChI=1S/C12H17ClN2O2S/c1-9-3-2-4-10(9)7-15-18(16,17)11-5-6-12(13)14-8-11/h5-6,8-10,15H,2-4,7H2,1H3. The van der Waals surface area contributed by atoms with Gasteiger partial charge < -0.3 is 0 Å². The maximum absolute atomic E-state index is 12.0. The van der Waals surface area contributed by atoms with Crippen molar-refractivity contribution in [2.75, 3.05) is 6.54 Å². The molecule has 2 rings (SSSR count). The van der Waals surface area contributed by atoms with Crippen LogP contribution in [0.25, 0.3) is 0 Å². The van der Waals surface area contributed by atoms with Crippen molar-refractivity contribution in [1.82, 2.24) is 9.71 Å². The van der Waals surface area contributed by atoms with Crippen molar-refractivity contribution in [2.24, 2.45) is 11.8 Å². The van der Waals surface area contributed by atoms with Crippen LogP contribution in [0.3, 0.4) is 0 Å². The third-order valence-corrected chi connectivity index (χ3v) is 5.22. The molecule has 0 aromatic carbocycles. The van der Waals surface area contributed by atoms with Crippen molar-refractivity contribution in [3.8, 4) is 0 Å². The second-order valence-electron chi connectivity index (χ2n) is 4.84. The van der Waals surface area contributed by atoms with Crippen LogP contribution in [0.2, 0.25) is 5.15 Å². The van der Waals surface area contributed by atoms with Crippen LogP contribution in [0, 0.1) is 11.8 Å². The van der Waals surface area contributed by atoms with Gasteiger partial charge in [-0.25, -0.2) is 18.1 Å². The zero-order chi connectivity index (χ0) is 13.2. The maximum Gasteiger partial charge on any atom is 0.242 e. The molecule has 2 unspecified atom stereocenters. The van der Waals surface area contributed by atoms with E-state index in [-0.39, 0.29) is 4.90 Å². The molecule has 1 aromatic rings. The predicted octanol–water partition coefficient (Wildman–Crippen LogP) is 2.45. The Morgan fingerprint density at radius 1 is 1.44 bits per heavy atom. The first-order chi connectivity index (χ1) is 8.49. The quantitative estimate of drug-likeness (QED) is 0.866. The molecule has 1 heterocycles. The number of pyridine rings is 1. The minimum absolute atomic E-state index is 0.164. The highest BCUT2D eigenvalue weighted by Crippen LogP contribution is 2.30. The van der Waals surface area contributed by atoms with E-state index in [1.165, 1.54) is 31.2 Å². The summed E-state index contributed by atoms with van der Waals surface area (Å²) in [6.45, 7) is 2.68. The molecular weight excluding hydrogens is 272 g/mol. The topological polar surface area (TPSA) is 59.1 Å². The van der Waals surface area contributed by atoms with E-state index in [4.69, 9.17) is 11.6 Å². The molecule has 100 valence electrons. The number of hydrogen-bond donors (Lipinski definition) is 1. The van der Waals surface area contributed by atoms with E-state index in [0.29, 0.717) is 23.5 Å². The molecule has 1 fully saturated rings. The third kappa shape index (κ3) is 3.22. The van der Waals surface area contributed by atoms with Crippen molar-refractivity contribution in [3.05, 3.63) is 23.5 Å². The molecule has 0 spiro atoms. The average molecular weight is 289 g/mol. The predicted molar refractivity (Wildman–Crippen MR) is 70.9 cm³/mol. The van der Waals surface area contributed by atoms with Crippen LogP contribution in [0.1, 0.15) is 26.2 Å². The van der Waals surface area contributed by atoms with Gasteiger partial charge in [0.05, 0.1) is 0 Å². The first-order valence-electron chi connectivity index (χ1n) is 6.10. The zero-order valence-electron chi connectivity index (χ0n) is 10.3. The fraction of sp³-hybridized carbons (Fsp3) is 0.583. The van der Waals surface area contributed by atoms with Crippen LogP contribution in [-0.2, 0) is 10.0 Å². The first kappa shape index (κ1) is 13.8. The van der Waals surface area contributed by atoms with E-state index in [1.807, 2.05) is 0 Å². The van der Waals surface area contributed by atoms with Crippen LogP contribution in [-0.4, -0.2) is 19.9 Å². The van der Waals surface area contributed by atoms with Gasteiger partial charge in [0.25, 0.3) is 0 Å². The zero-order valence-corrected chi connectivity index (χ0v) is 11.8. The molecule has 1 aliphatic carbocycles. The molecule has 18 heavy (non-hydrogen) atoms. The van der Waals surface area contributed by atoms with Crippen molar-refractivity contribution in [1.29, 1.82) is 0 Å². The molecule has 1 aliphatic rings. The molecule has 4 nitrogen and oxygen atoms in total. The molecule has 2 atom stereocenters. The Balaban J connectivity index is 2.01. The molecule has 1 N–H and O–H groups in total. The van der Waals surface area contributed by atoms with Gasteiger partial charge in [-0.15, -0.1) is 0 Å². The van der Waals surface area contributed by atoms with Gasteiger partial charge in [0, 0.05) is 12.7 Å². The minimum atomic E-state index is -3.46. The molecule has 6 heteroatoms. The van der Waals surface area contributed by atoms with E-state index in [0.717, 1.165) is 6.42 Å². The van der Waals surface area contributed by atoms with Crippen molar-refractivity contribution in [2.45, 2.75) is 31.1 Å². The lowest BCUT2D eigenvalue weighted by Gasteiger charge is -2.15. The summed E-state index contributed by atoms with van der Waals surface area (Å²) >= 11 is 5.64. The third-order valence-electron chi connectivity index (χ3n) is 3.59. The molecule has 0 aliphatic heterocycles. The highest BCUT2D eigenvalue weighted by Gasteiger charge is 2.25. The molecule has 0 radical (unpaired) electrons. The summed E-state index contributed by atoms with van der Waals surface area (Å²) < 4.78 is 26.7. The van der Waals surface area contributed by atoms with Gasteiger partial charge in [-0.3, -0.25) is 0 Å². The van der Waals surface area contributed by atoms with Gasteiger partial charge >= 0.3 is 0 Å². The summed E-state index contributed by atoms with van der Waals surface area (Å²) in [5.41, 5.74) is 0. The Morgan fingerprint density at radius 2 is 2.22 bits per heavy atom. The van der Waals surface area contributed by atoms with Gasteiger partial charge in [-0.05, 0) is 30.4 Å². The van der Waals surface area contributed by atoms with E-state index in [1.54, 1.807) is 0 Å². The summed E-state index contributed by atoms with van der Waals surface area (Å²) in [4.78, 5) is 3.95. The fourth-order valence-corrected chi connectivity index (χ4v) is 3.50.